The minimum atomic E-state index is -0.378. The standard InChI is InChI=1S/C29H36N4O3S/c1-3-4-10-25-19-31(29(21(2)30)37-20-22-13-15-24(16-14-22)33(35)36)17-18-32(25)28(34)27-12-7-9-23-8-5-6-11-26(23)27/h5-9,11-16,21,25,29H,3-4,10,17-20,30H2,1-2H3. The fraction of sp³-hybridized carbons (Fsp3) is 0.414. The van der Waals surface area contributed by atoms with E-state index >= 15 is 0 Å². The van der Waals surface area contributed by atoms with Crippen molar-refractivity contribution < 1.29 is 9.72 Å². The summed E-state index contributed by atoms with van der Waals surface area (Å²) >= 11 is 1.76. The Morgan fingerprint density at radius 2 is 1.84 bits per heavy atom. The summed E-state index contributed by atoms with van der Waals surface area (Å²) < 4.78 is 0. The van der Waals surface area contributed by atoms with Gasteiger partial charge in [-0.15, -0.1) is 11.8 Å². The second-order valence-corrected chi connectivity index (χ2v) is 10.9. The van der Waals surface area contributed by atoms with Gasteiger partial charge in [-0.25, -0.2) is 0 Å². The second kappa shape index (κ2) is 12.5. The molecule has 0 saturated carbocycles. The van der Waals surface area contributed by atoms with E-state index in [1.165, 1.54) is 0 Å². The van der Waals surface area contributed by atoms with E-state index in [1.807, 2.05) is 61.5 Å². The largest absolute Gasteiger partial charge is 0.333 e. The molecular formula is C29H36N4O3S. The average molecular weight is 521 g/mol. The number of nitrogens with zero attached hydrogens (tertiary/aromatic N) is 3. The lowest BCUT2D eigenvalue weighted by atomic mass is 10.00. The quantitative estimate of drug-likeness (QED) is 0.273. The smallest absolute Gasteiger partial charge is 0.269 e. The van der Waals surface area contributed by atoms with E-state index in [2.05, 4.69) is 16.7 Å². The predicted molar refractivity (Wildman–Crippen MR) is 152 cm³/mol. The summed E-state index contributed by atoms with van der Waals surface area (Å²) in [7, 11) is 0. The van der Waals surface area contributed by atoms with Crippen LogP contribution in [0.2, 0.25) is 0 Å². The van der Waals surface area contributed by atoms with E-state index in [0.717, 1.165) is 60.0 Å². The van der Waals surface area contributed by atoms with Crippen LogP contribution >= 0.6 is 11.8 Å². The highest BCUT2D eigenvalue weighted by atomic mass is 32.2. The number of nitro benzene ring substituents is 1. The normalized spacial score (nSPS) is 18.0. The number of amides is 1. The second-order valence-electron chi connectivity index (χ2n) is 9.80. The van der Waals surface area contributed by atoms with Crippen molar-refractivity contribution in [3.8, 4) is 0 Å². The van der Waals surface area contributed by atoms with E-state index < -0.39 is 0 Å². The predicted octanol–water partition coefficient (Wildman–Crippen LogP) is 5.67. The van der Waals surface area contributed by atoms with Crippen LogP contribution in [0.15, 0.2) is 66.7 Å². The zero-order chi connectivity index (χ0) is 26.4. The Bertz CT molecular complexity index is 1210. The number of thioether (sulfide) groups is 1. The first-order chi connectivity index (χ1) is 17.9. The first kappa shape index (κ1) is 27.1. The van der Waals surface area contributed by atoms with Crippen molar-refractivity contribution >= 4 is 34.1 Å². The summed E-state index contributed by atoms with van der Waals surface area (Å²) in [6.07, 6.45) is 3.11. The highest BCUT2D eigenvalue weighted by molar-refractivity contribution is 7.99. The average Bonchev–Trinajstić information content (AvgIpc) is 2.91. The van der Waals surface area contributed by atoms with Gasteiger partial charge in [0.15, 0.2) is 0 Å². The maximum Gasteiger partial charge on any atom is 0.269 e. The lowest BCUT2D eigenvalue weighted by molar-refractivity contribution is -0.384. The van der Waals surface area contributed by atoms with Gasteiger partial charge in [0.2, 0.25) is 0 Å². The molecule has 0 aliphatic carbocycles. The molecular weight excluding hydrogens is 484 g/mol. The number of rotatable bonds is 10. The Balaban J connectivity index is 1.49. The van der Waals surface area contributed by atoms with Crippen LogP contribution in [0.3, 0.4) is 0 Å². The third-order valence-corrected chi connectivity index (χ3v) is 8.63. The SMILES string of the molecule is CCCCC1CN(C(SCc2ccc([N+](=O)[O-])cc2)C(C)N)CCN1C(=O)c1cccc2ccccc12. The molecule has 37 heavy (non-hydrogen) atoms. The van der Waals surface area contributed by atoms with Gasteiger partial charge in [0, 0.05) is 55.2 Å². The molecule has 2 N–H and O–H groups in total. The number of non-ortho nitro benzene ring substituents is 1. The molecule has 1 amide bonds. The van der Waals surface area contributed by atoms with E-state index in [9.17, 15) is 14.9 Å². The van der Waals surface area contributed by atoms with E-state index in [1.54, 1.807) is 23.9 Å². The maximum atomic E-state index is 13.8. The van der Waals surface area contributed by atoms with Crippen molar-refractivity contribution in [2.75, 3.05) is 19.6 Å². The molecule has 1 heterocycles. The zero-order valence-corrected chi connectivity index (χ0v) is 22.4. The van der Waals surface area contributed by atoms with Crippen LogP contribution < -0.4 is 5.73 Å². The van der Waals surface area contributed by atoms with Gasteiger partial charge < -0.3 is 10.6 Å². The molecule has 3 aromatic carbocycles. The molecule has 1 fully saturated rings. The van der Waals surface area contributed by atoms with Crippen LogP contribution in [-0.4, -0.2) is 57.7 Å². The Morgan fingerprint density at radius 1 is 1.11 bits per heavy atom. The monoisotopic (exact) mass is 520 g/mol. The number of benzene rings is 3. The number of carbonyl (C=O) groups is 1. The number of nitro groups is 1. The summed E-state index contributed by atoms with van der Waals surface area (Å²) in [5, 5.41) is 13.1. The fourth-order valence-corrected chi connectivity index (χ4v) is 6.38. The lowest BCUT2D eigenvalue weighted by Gasteiger charge is -2.45. The van der Waals surface area contributed by atoms with E-state index in [4.69, 9.17) is 5.73 Å². The zero-order valence-electron chi connectivity index (χ0n) is 21.6. The first-order valence-corrected chi connectivity index (χ1v) is 14.1. The molecule has 0 aromatic heterocycles. The van der Waals surface area contributed by atoms with Crippen molar-refractivity contribution in [2.45, 2.75) is 56.3 Å². The number of hydrogen-bond donors (Lipinski definition) is 1. The molecule has 3 atom stereocenters. The molecule has 0 spiro atoms. The van der Waals surface area contributed by atoms with Gasteiger partial charge in [-0.05, 0) is 35.7 Å². The molecule has 3 aromatic rings. The van der Waals surface area contributed by atoms with Crippen molar-refractivity contribution in [2.24, 2.45) is 5.73 Å². The third-order valence-electron chi connectivity index (χ3n) is 7.06. The molecule has 1 saturated heterocycles. The number of carbonyl (C=O) groups excluding carboxylic acids is 1. The molecule has 0 radical (unpaired) electrons. The van der Waals surface area contributed by atoms with Gasteiger partial charge in [-0.3, -0.25) is 19.8 Å². The van der Waals surface area contributed by atoms with Crippen LogP contribution in [0, 0.1) is 10.1 Å². The minimum absolute atomic E-state index is 0.0600. The summed E-state index contributed by atoms with van der Waals surface area (Å²) in [6, 6.07) is 20.8. The van der Waals surface area contributed by atoms with Gasteiger partial charge in [0.05, 0.1) is 10.3 Å². The molecule has 196 valence electrons. The third kappa shape index (κ3) is 6.50. The van der Waals surface area contributed by atoms with Crippen LogP contribution in [0.5, 0.6) is 0 Å². The summed E-state index contributed by atoms with van der Waals surface area (Å²) in [5.41, 5.74) is 8.36. The number of fused-ring (bicyclic) bond motifs is 1. The van der Waals surface area contributed by atoms with Crippen LogP contribution in [0.1, 0.15) is 49.0 Å². The Hall–Kier alpha value is -2.94. The molecule has 7 nitrogen and oxygen atoms in total. The lowest BCUT2D eigenvalue weighted by Crippen LogP contribution is -2.59. The number of piperazine rings is 1. The van der Waals surface area contributed by atoms with E-state index in [-0.39, 0.29) is 34.0 Å². The number of unbranched alkanes of at least 4 members (excludes halogenated alkanes) is 1. The fourth-order valence-electron chi connectivity index (χ4n) is 5.12. The van der Waals surface area contributed by atoms with Gasteiger partial charge in [0.25, 0.3) is 11.6 Å². The summed E-state index contributed by atoms with van der Waals surface area (Å²) in [5.74, 6) is 0.826. The Labute approximate surface area is 223 Å². The highest BCUT2D eigenvalue weighted by Gasteiger charge is 2.35. The minimum Gasteiger partial charge on any atom is -0.333 e. The van der Waals surface area contributed by atoms with Gasteiger partial charge >= 0.3 is 0 Å². The summed E-state index contributed by atoms with van der Waals surface area (Å²) in [4.78, 5) is 28.9. The molecule has 1 aliphatic heterocycles. The molecule has 8 heteroatoms. The van der Waals surface area contributed by atoms with Crippen molar-refractivity contribution in [3.05, 3.63) is 88.0 Å². The molecule has 3 unspecified atom stereocenters. The Morgan fingerprint density at radius 3 is 2.54 bits per heavy atom. The highest BCUT2D eigenvalue weighted by Crippen LogP contribution is 2.29. The van der Waals surface area contributed by atoms with Crippen LogP contribution in [-0.2, 0) is 5.75 Å². The van der Waals surface area contributed by atoms with Crippen molar-refractivity contribution in [3.63, 3.8) is 0 Å². The van der Waals surface area contributed by atoms with Gasteiger partial charge in [-0.1, -0.05) is 68.3 Å². The maximum absolute atomic E-state index is 13.8. The topological polar surface area (TPSA) is 92.7 Å². The van der Waals surface area contributed by atoms with Crippen LogP contribution in [0.4, 0.5) is 5.69 Å². The number of hydrogen-bond acceptors (Lipinski definition) is 6. The number of nitrogens with two attached hydrogens (primary N) is 1. The van der Waals surface area contributed by atoms with Gasteiger partial charge in [-0.2, -0.15) is 0 Å². The van der Waals surface area contributed by atoms with Crippen molar-refractivity contribution in [1.82, 2.24) is 9.80 Å². The molecule has 1 aliphatic rings. The summed E-state index contributed by atoms with van der Waals surface area (Å²) in [6.45, 7) is 6.43. The van der Waals surface area contributed by atoms with Crippen molar-refractivity contribution in [1.29, 1.82) is 0 Å². The van der Waals surface area contributed by atoms with E-state index in [0.29, 0.717) is 6.54 Å². The van der Waals surface area contributed by atoms with Gasteiger partial charge in [0.1, 0.15) is 0 Å². The molecule has 4 rings (SSSR count). The molecule has 0 bridgehead atoms. The first-order valence-electron chi connectivity index (χ1n) is 13.0. The van der Waals surface area contributed by atoms with Crippen LogP contribution in [0.25, 0.3) is 10.8 Å². The Kier molecular flexibility index (Phi) is 9.18.